The quantitative estimate of drug-likeness (QED) is 0.573. The van der Waals surface area contributed by atoms with Gasteiger partial charge in [-0.15, -0.1) is 0 Å². The van der Waals surface area contributed by atoms with Gasteiger partial charge in [0.2, 0.25) is 5.91 Å². The maximum absolute atomic E-state index is 12.9. The van der Waals surface area contributed by atoms with Gasteiger partial charge in [0.05, 0.1) is 11.9 Å². The number of nitrogen functional groups attached to an aromatic ring is 1. The van der Waals surface area contributed by atoms with E-state index in [0.29, 0.717) is 32.0 Å². The van der Waals surface area contributed by atoms with E-state index in [1.54, 1.807) is 13.0 Å². The number of thiazole rings is 1. The smallest absolute Gasteiger partial charge is 0.221 e. The Hall–Kier alpha value is -2.47. The van der Waals surface area contributed by atoms with Gasteiger partial charge in [-0.1, -0.05) is 22.9 Å². The zero-order valence-electron chi connectivity index (χ0n) is 15.0. The number of benzene rings is 1. The van der Waals surface area contributed by atoms with Crippen molar-refractivity contribution in [2.45, 2.75) is 18.9 Å². The molecule has 0 saturated carbocycles. The standard InChI is InChI=1S/C9H5ClF2N2S.C8H10N2O3S/c10-8-7(14-9(13)15-8)4-1-2-5(11)6(12)3-4;1-5-3-7(10-6(2)11)4-9-8(5)14(12)13/h1-3H,(H2,13,14);3-4H,1-2H3,(H,10,11)(H,12,13)/p-1. The zero-order chi connectivity index (χ0) is 21.7. The minimum Gasteiger partial charge on any atom is -0.767 e. The van der Waals surface area contributed by atoms with Gasteiger partial charge in [0, 0.05) is 12.5 Å². The van der Waals surface area contributed by atoms with Crippen LogP contribution in [0, 0.1) is 18.6 Å². The van der Waals surface area contributed by atoms with Crippen LogP contribution in [0.15, 0.2) is 35.5 Å². The highest BCUT2D eigenvalue weighted by atomic mass is 35.5. The number of hydrogen-bond donors (Lipinski definition) is 2. The van der Waals surface area contributed by atoms with Gasteiger partial charge in [0.15, 0.2) is 16.8 Å². The number of anilines is 2. The third-order valence-corrected chi connectivity index (χ3v) is 5.13. The average molecular weight is 460 g/mol. The lowest BCUT2D eigenvalue weighted by molar-refractivity contribution is -0.114. The number of pyridine rings is 1. The van der Waals surface area contributed by atoms with Crippen molar-refractivity contribution < 1.29 is 22.3 Å². The van der Waals surface area contributed by atoms with E-state index in [9.17, 15) is 22.3 Å². The van der Waals surface area contributed by atoms with Gasteiger partial charge < -0.3 is 15.6 Å². The summed E-state index contributed by atoms with van der Waals surface area (Å²) in [5.41, 5.74) is 7.22. The van der Waals surface area contributed by atoms with Crippen molar-refractivity contribution in [3.63, 3.8) is 0 Å². The van der Waals surface area contributed by atoms with Gasteiger partial charge in [0.25, 0.3) is 0 Å². The number of hydrogen-bond acceptors (Lipinski definition) is 7. The second kappa shape index (κ2) is 9.83. The SMILES string of the molecule is CC(=O)Nc1cnc(S(=O)[O-])c(C)c1.Nc1nc(-c2ccc(F)c(F)c2)c(Cl)s1. The second-order valence-corrected chi connectivity index (χ2v) is 8.05. The molecule has 0 fully saturated rings. The summed E-state index contributed by atoms with van der Waals surface area (Å²) in [6.07, 6.45) is 1.31. The van der Waals surface area contributed by atoms with Gasteiger partial charge >= 0.3 is 0 Å². The van der Waals surface area contributed by atoms with Crippen LogP contribution in [0.2, 0.25) is 4.34 Å². The van der Waals surface area contributed by atoms with E-state index in [-0.39, 0.29) is 10.9 Å². The molecule has 0 bridgehead atoms. The molecule has 3 N–H and O–H groups in total. The monoisotopic (exact) mass is 459 g/mol. The van der Waals surface area contributed by atoms with Crippen molar-refractivity contribution in [3.05, 3.63) is 52.0 Å². The molecule has 0 aliphatic carbocycles. The number of aromatic nitrogens is 2. The molecule has 0 spiro atoms. The maximum Gasteiger partial charge on any atom is 0.221 e. The molecule has 1 atom stereocenters. The Morgan fingerprint density at radius 1 is 1.31 bits per heavy atom. The Labute approximate surface area is 176 Å². The lowest BCUT2D eigenvalue weighted by Gasteiger charge is -2.09. The van der Waals surface area contributed by atoms with Crippen LogP contribution >= 0.6 is 22.9 Å². The Morgan fingerprint density at radius 3 is 2.48 bits per heavy atom. The molecule has 0 aliphatic rings. The largest absolute Gasteiger partial charge is 0.767 e. The molecule has 154 valence electrons. The molecule has 0 saturated heterocycles. The van der Waals surface area contributed by atoms with Crippen LogP contribution < -0.4 is 11.1 Å². The van der Waals surface area contributed by atoms with Crippen LogP contribution in [0.4, 0.5) is 19.6 Å². The summed E-state index contributed by atoms with van der Waals surface area (Å²) >= 11 is 4.59. The van der Waals surface area contributed by atoms with Gasteiger partial charge in [-0.05, 0) is 47.8 Å². The number of halogens is 3. The number of nitrogens with zero attached hydrogens (tertiary/aromatic N) is 2. The number of nitrogens with two attached hydrogens (primary N) is 1. The molecule has 12 heteroatoms. The van der Waals surface area contributed by atoms with Gasteiger partial charge in [0.1, 0.15) is 15.1 Å². The number of rotatable bonds is 3. The second-order valence-electron chi connectivity index (χ2n) is 5.57. The molecule has 3 rings (SSSR count). The van der Waals surface area contributed by atoms with E-state index in [1.165, 1.54) is 19.2 Å². The molecule has 1 aromatic carbocycles. The van der Waals surface area contributed by atoms with Crippen molar-refractivity contribution in [3.8, 4) is 11.3 Å². The Bertz CT molecular complexity index is 1080. The summed E-state index contributed by atoms with van der Waals surface area (Å²) in [4.78, 5) is 18.3. The molecule has 0 radical (unpaired) electrons. The lowest BCUT2D eigenvalue weighted by atomic mass is 10.2. The molecule has 7 nitrogen and oxygen atoms in total. The van der Waals surface area contributed by atoms with Crippen LogP contribution in [0.25, 0.3) is 11.3 Å². The molecule has 3 aromatic rings. The van der Waals surface area contributed by atoms with Gasteiger partial charge in [-0.2, -0.15) is 0 Å². The van der Waals surface area contributed by atoms with E-state index in [1.807, 2.05) is 0 Å². The Morgan fingerprint density at radius 2 is 2.00 bits per heavy atom. The van der Waals surface area contributed by atoms with Crippen molar-refractivity contribution in [2.75, 3.05) is 11.1 Å². The van der Waals surface area contributed by atoms with Gasteiger partial charge in [-0.25, -0.2) is 18.7 Å². The van der Waals surface area contributed by atoms with E-state index in [2.05, 4.69) is 15.3 Å². The van der Waals surface area contributed by atoms with Crippen molar-refractivity contribution >= 4 is 50.7 Å². The minimum atomic E-state index is -2.34. The minimum absolute atomic E-state index is 0.000831. The first-order valence-electron chi connectivity index (χ1n) is 7.79. The van der Waals surface area contributed by atoms with Crippen molar-refractivity contribution in [2.24, 2.45) is 0 Å². The summed E-state index contributed by atoms with van der Waals surface area (Å²) in [6.45, 7) is 2.98. The highest BCUT2D eigenvalue weighted by Gasteiger charge is 2.12. The summed E-state index contributed by atoms with van der Waals surface area (Å²) in [7, 11) is 0. The van der Waals surface area contributed by atoms with E-state index in [0.717, 1.165) is 23.5 Å². The molecule has 2 aromatic heterocycles. The van der Waals surface area contributed by atoms with E-state index < -0.39 is 22.7 Å². The predicted octanol–water partition coefficient (Wildman–Crippen LogP) is 3.91. The summed E-state index contributed by atoms with van der Waals surface area (Å²) in [6, 6.07) is 5.02. The third kappa shape index (κ3) is 6.26. The third-order valence-electron chi connectivity index (χ3n) is 3.30. The summed E-state index contributed by atoms with van der Waals surface area (Å²) < 4.78 is 47.2. The topological polar surface area (TPSA) is 121 Å². The molecule has 1 unspecified atom stereocenters. The van der Waals surface area contributed by atoms with E-state index in [4.69, 9.17) is 17.3 Å². The summed E-state index contributed by atoms with van der Waals surface area (Å²) in [5.74, 6) is -2.06. The predicted molar refractivity (Wildman–Crippen MR) is 107 cm³/mol. The lowest BCUT2D eigenvalue weighted by Crippen LogP contribution is -2.07. The first-order chi connectivity index (χ1) is 13.6. The molecular formula is C17H14ClF2N4O3S2-. The fourth-order valence-corrected chi connectivity index (χ4v) is 3.58. The molecule has 0 aliphatic heterocycles. The number of amides is 1. The fraction of sp³-hybridized carbons (Fsp3) is 0.118. The average Bonchev–Trinajstić information content (AvgIpc) is 2.95. The number of carbonyl (C=O) groups excluding carboxylic acids is 1. The zero-order valence-corrected chi connectivity index (χ0v) is 17.4. The fourth-order valence-electron chi connectivity index (χ4n) is 2.15. The Balaban J connectivity index is 0.000000208. The van der Waals surface area contributed by atoms with Crippen LogP contribution in [0.3, 0.4) is 0 Å². The first-order valence-corrected chi connectivity index (χ1v) is 10.1. The van der Waals surface area contributed by atoms with Crippen molar-refractivity contribution in [1.82, 2.24) is 9.97 Å². The van der Waals surface area contributed by atoms with E-state index >= 15 is 0 Å². The van der Waals surface area contributed by atoms with Crippen LogP contribution in [-0.2, 0) is 15.9 Å². The Kier molecular flexibility index (Phi) is 7.73. The molecular weight excluding hydrogens is 446 g/mol. The van der Waals surface area contributed by atoms with Gasteiger partial charge in [-0.3, -0.25) is 9.00 Å². The highest BCUT2D eigenvalue weighted by Crippen LogP contribution is 2.34. The van der Waals surface area contributed by atoms with Crippen molar-refractivity contribution in [1.29, 1.82) is 0 Å². The molecule has 2 heterocycles. The number of carbonyl (C=O) groups is 1. The summed E-state index contributed by atoms with van der Waals surface area (Å²) in [5, 5.41) is 2.80. The van der Waals surface area contributed by atoms with Crippen LogP contribution in [0.1, 0.15) is 12.5 Å². The maximum atomic E-state index is 12.9. The number of nitrogens with one attached hydrogen (secondary N) is 1. The normalized spacial score (nSPS) is 11.4. The molecule has 1 amide bonds. The van der Waals surface area contributed by atoms with Crippen LogP contribution in [-0.4, -0.2) is 24.6 Å². The van der Waals surface area contributed by atoms with Crippen LogP contribution in [0.5, 0.6) is 0 Å². The highest BCUT2D eigenvalue weighted by molar-refractivity contribution is 7.79. The number of aryl methyl sites for hydroxylation is 1. The molecule has 29 heavy (non-hydrogen) atoms. The first kappa shape index (κ1) is 22.8.